The predicted octanol–water partition coefficient (Wildman–Crippen LogP) is -0.380. The maximum Gasteiger partial charge on any atom is 0.335 e. The Bertz CT molecular complexity index is 353. The molecule has 0 aromatic rings. The van der Waals surface area contributed by atoms with Crippen LogP contribution in [0, 0.1) is 0 Å². The Hall–Kier alpha value is -1.67. The number of rotatable bonds is 6. The molecule has 3 N–H and O–H groups in total. The molecule has 0 aromatic heterocycles. The largest absolute Gasteiger partial charge is 0.481 e. The van der Waals surface area contributed by atoms with E-state index in [2.05, 4.69) is 15.6 Å². The van der Waals surface area contributed by atoms with Crippen LogP contribution in [0.25, 0.3) is 0 Å². The number of hydrazine groups is 1. The number of hydrogen-bond donors (Lipinski definition) is 3. The zero-order chi connectivity index (χ0) is 15.0. The van der Waals surface area contributed by atoms with Crippen molar-refractivity contribution in [2.75, 3.05) is 33.2 Å². The molecule has 0 aromatic carbocycles. The van der Waals surface area contributed by atoms with Gasteiger partial charge in [0.2, 0.25) is 5.91 Å². The van der Waals surface area contributed by atoms with Gasteiger partial charge < -0.3 is 10.0 Å². The Kier molecular flexibility index (Phi) is 6.96. The normalized spacial score (nSPS) is 16.6. The fourth-order valence-electron chi connectivity index (χ4n) is 1.84. The van der Waals surface area contributed by atoms with Crippen molar-refractivity contribution in [3.05, 3.63) is 0 Å². The summed E-state index contributed by atoms with van der Waals surface area (Å²) in [4.78, 5) is 35.4. The fraction of sp³-hybridized carbons (Fsp3) is 0.750. The third-order valence-corrected chi connectivity index (χ3v) is 3.06. The highest BCUT2D eigenvalue weighted by Crippen LogP contribution is 1.99. The molecule has 1 saturated heterocycles. The Morgan fingerprint density at radius 2 is 1.65 bits per heavy atom. The molecule has 1 aliphatic rings. The van der Waals surface area contributed by atoms with Crippen molar-refractivity contribution in [2.45, 2.75) is 25.7 Å². The number of likely N-dealkylation sites (N-methyl/N-ethyl adjacent to an activating group) is 1. The van der Waals surface area contributed by atoms with Crippen LogP contribution in [0.4, 0.5) is 4.79 Å². The maximum absolute atomic E-state index is 11.6. The van der Waals surface area contributed by atoms with E-state index in [0.29, 0.717) is 12.8 Å². The SMILES string of the molecule is CN1CCN(NC(=O)NC(=O)CCCCC(=O)O)CC1. The van der Waals surface area contributed by atoms with Crippen LogP contribution in [-0.2, 0) is 9.59 Å². The number of hydrogen-bond acceptors (Lipinski definition) is 5. The lowest BCUT2D eigenvalue weighted by Crippen LogP contribution is -2.55. The monoisotopic (exact) mass is 286 g/mol. The lowest BCUT2D eigenvalue weighted by Gasteiger charge is -2.32. The molecular weight excluding hydrogens is 264 g/mol. The van der Waals surface area contributed by atoms with E-state index >= 15 is 0 Å². The van der Waals surface area contributed by atoms with Gasteiger partial charge in [-0.1, -0.05) is 0 Å². The third kappa shape index (κ3) is 7.05. The van der Waals surface area contributed by atoms with Crippen LogP contribution in [0.3, 0.4) is 0 Å². The molecule has 0 bridgehead atoms. The highest BCUT2D eigenvalue weighted by atomic mass is 16.4. The number of carboxylic acids is 1. The quantitative estimate of drug-likeness (QED) is 0.575. The summed E-state index contributed by atoms with van der Waals surface area (Å²) < 4.78 is 0. The molecule has 3 amide bonds. The van der Waals surface area contributed by atoms with Gasteiger partial charge in [-0.15, -0.1) is 0 Å². The molecule has 8 heteroatoms. The van der Waals surface area contributed by atoms with E-state index in [-0.39, 0.29) is 18.7 Å². The summed E-state index contributed by atoms with van der Waals surface area (Å²) in [7, 11) is 2.01. The molecule has 20 heavy (non-hydrogen) atoms. The number of piperazine rings is 1. The van der Waals surface area contributed by atoms with Crippen LogP contribution >= 0.6 is 0 Å². The molecule has 0 atom stereocenters. The predicted molar refractivity (Wildman–Crippen MR) is 71.8 cm³/mol. The van der Waals surface area contributed by atoms with Crippen LogP contribution < -0.4 is 10.7 Å². The molecule has 0 unspecified atom stereocenters. The molecule has 1 aliphatic heterocycles. The zero-order valence-electron chi connectivity index (χ0n) is 11.7. The van der Waals surface area contributed by atoms with Crippen molar-refractivity contribution in [2.24, 2.45) is 0 Å². The summed E-state index contributed by atoms with van der Waals surface area (Å²) in [5.41, 5.74) is 2.62. The Morgan fingerprint density at radius 3 is 2.25 bits per heavy atom. The number of aliphatic carboxylic acids is 1. The first-order valence-electron chi connectivity index (χ1n) is 6.73. The molecule has 0 radical (unpaired) electrons. The van der Waals surface area contributed by atoms with Crippen molar-refractivity contribution >= 4 is 17.9 Å². The van der Waals surface area contributed by atoms with Crippen molar-refractivity contribution < 1.29 is 19.5 Å². The molecule has 1 rings (SSSR count). The number of carboxylic acid groups (broad SMARTS) is 1. The molecule has 8 nitrogen and oxygen atoms in total. The molecular formula is C12H22N4O4. The summed E-state index contributed by atoms with van der Waals surface area (Å²) in [6, 6.07) is -0.530. The standard InChI is InChI=1S/C12H22N4O4/c1-15-6-8-16(9-7-15)14-12(20)13-10(17)4-2-3-5-11(18)19/h2-9H2,1H3,(H,18,19)(H2,13,14,17,20). The van der Waals surface area contributed by atoms with Gasteiger partial charge in [0.25, 0.3) is 0 Å². The minimum Gasteiger partial charge on any atom is -0.481 e. The van der Waals surface area contributed by atoms with Crippen molar-refractivity contribution in [1.82, 2.24) is 20.7 Å². The second kappa shape index (κ2) is 8.49. The number of unbranched alkanes of at least 4 members (excludes halogenated alkanes) is 1. The van der Waals surface area contributed by atoms with Gasteiger partial charge in [-0.25, -0.2) is 9.80 Å². The maximum atomic E-state index is 11.6. The minimum atomic E-state index is -0.877. The topological polar surface area (TPSA) is 102 Å². The van der Waals surface area contributed by atoms with Gasteiger partial charge in [0.15, 0.2) is 0 Å². The molecule has 0 spiro atoms. The van der Waals surface area contributed by atoms with Gasteiger partial charge in [-0.3, -0.25) is 20.3 Å². The second-order valence-electron chi connectivity index (χ2n) is 4.88. The molecule has 1 fully saturated rings. The average molecular weight is 286 g/mol. The van der Waals surface area contributed by atoms with E-state index in [1.165, 1.54) is 0 Å². The van der Waals surface area contributed by atoms with Gasteiger partial charge in [0.1, 0.15) is 0 Å². The van der Waals surface area contributed by atoms with Crippen molar-refractivity contribution in [3.8, 4) is 0 Å². The van der Waals surface area contributed by atoms with E-state index < -0.39 is 12.0 Å². The average Bonchev–Trinajstić information content (AvgIpc) is 2.37. The summed E-state index contributed by atoms with van der Waals surface area (Å²) in [5.74, 6) is -1.26. The Morgan fingerprint density at radius 1 is 1.05 bits per heavy atom. The lowest BCUT2D eigenvalue weighted by atomic mass is 10.2. The highest BCUT2D eigenvalue weighted by molar-refractivity contribution is 5.94. The number of urea groups is 1. The zero-order valence-corrected chi connectivity index (χ0v) is 11.7. The lowest BCUT2D eigenvalue weighted by molar-refractivity contribution is -0.137. The van der Waals surface area contributed by atoms with E-state index in [1.54, 1.807) is 5.01 Å². The van der Waals surface area contributed by atoms with Crippen LogP contribution in [0.1, 0.15) is 25.7 Å². The Balaban J connectivity index is 2.11. The number of imide groups is 1. The highest BCUT2D eigenvalue weighted by Gasteiger charge is 2.16. The first-order chi connectivity index (χ1) is 9.47. The number of carbonyl (C=O) groups is 3. The fourth-order valence-corrected chi connectivity index (χ4v) is 1.84. The van der Waals surface area contributed by atoms with Crippen LogP contribution in [-0.4, -0.2) is 66.1 Å². The van der Waals surface area contributed by atoms with E-state index in [4.69, 9.17) is 5.11 Å². The summed E-state index contributed by atoms with van der Waals surface area (Å²) in [5, 5.41) is 12.5. The second-order valence-corrected chi connectivity index (χ2v) is 4.88. The van der Waals surface area contributed by atoms with E-state index in [0.717, 1.165) is 26.2 Å². The third-order valence-electron chi connectivity index (χ3n) is 3.06. The number of carbonyl (C=O) groups excluding carboxylic acids is 2. The minimum absolute atomic E-state index is 0.0424. The van der Waals surface area contributed by atoms with Crippen LogP contribution in [0.5, 0.6) is 0 Å². The molecule has 0 aliphatic carbocycles. The molecule has 0 saturated carbocycles. The van der Waals surface area contributed by atoms with E-state index in [9.17, 15) is 14.4 Å². The summed E-state index contributed by atoms with van der Waals surface area (Å²) in [6.07, 6.45) is 1.09. The number of nitrogens with one attached hydrogen (secondary N) is 2. The Labute approximate surface area is 118 Å². The van der Waals surface area contributed by atoms with Gasteiger partial charge >= 0.3 is 12.0 Å². The van der Waals surface area contributed by atoms with Gasteiger partial charge in [-0.05, 0) is 19.9 Å². The molecule has 114 valence electrons. The summed E-state index contributed by atoms with van der Waals surface area (Å²) in [6.45, 7) is 3.17. The summed E-state index contributed by atoms with van der Waals surface area (Å²) >= 11 is 0. The molecule has 1 heterocycles. The number of amides is 3. The van der Waals surface area contributed by atoms with Crippen molar-refractivity contribution in [1.29, 1.82) is 0 Å². The van der Waals surface area contributed by atoms with Gasteiger partial charge in [0, 0.05) is 39.0 Å². The first-order valence-corrected chi connectivity index (χ1v) is 6.73. The van der Waals surface area contributed by atoms with E-state index in [1.807, 2.05) is 7.05 Å². The van der Waals surface area contributed by atoms with Gasteiger partial charge in [-0.2, -0.15) is 0 Å². The van der Waals surface area contributed by atoms with Crippen LogP contribution in [0.15, 0.2) is 0 Å². The van der Waals surface area contributed by atoms with Gasteiger partial charge in [0.05, 0.1) is 0 Å². The van der Waals surface area contributed by atoms with Crippen LogP contribution in [0.2, 0.25) is 0 Å². The first kappa shape index (κ1) is 16.4. The number of nitrogens with zero attached hydrogens (tertiary/aromatic N) is 2. The smallest absolute Gasteiger partial charge is 0.335 e. The van der Waals surface area contributed by atoms with Crippen molar-refractivity contribution in [3.63, 3.8) is 0 Å².